The standard InChI is InChI=1S/C26H25N7/c1-2-6-20(5-1)33-16-28-31-26(33)19-10-11-23-22(13-19)25(30-29-23)18-4-3-7-21(12-18)32-14-24(27-15-32)17-8-9-17/h3-4,7,10-17,20H,1-2,5-6,8-9H2,(H,29,30). The molecule has 0 atom stereocenters. The van der Waals surface area contributed by atoms with Gasteiger partial charge in [0.25, 0.3) is 0 Å². The highest BCUT2D eigenvalue weighted by Crippen LogP contribution is 2.39. The molecule has 2 saturated carbocycles. The van der Waals surface area contributed by atoms with E-state index in [0.29, 0.717) is 12.0 Å². The summed E-state index contributed by atoms with van der Waals surface area (Å²) in [4.78, 5) is 4.60. The first-order chi connectivity index (χ1) is 16.3. The van der Waals surface area contributed by atoms with Gasteiger partial charge < -0.3 is 9.13 Å². The number of benzene rings is 2. The van der Waals surface area contributed by atoms with Gasteiger partial charge in [-0.2, -0.15) is 5.10 Å². The second-order valence-electron chi connectivity index (χ2n) is 9.36. The van der Waals surface area contributed by atoms with Crippen molar-refractivity contribution in [2.45, 2.75) is 50.5 Å². The number of H-pyrrole nitrogens is 1. The molecule has 2 aliphatic rings. The van der Waals surface area contributed by atoms with Crippen molar-refractivity contribution in [1.82, 2.24) is 34.5 Å². The minimum absolute atomic E-state index is 0.502. The third-order valence-corrected chi connectivity index (χ3v) is 7.13. The SMILES string of the molecule is c1cc(-c2n[nH]c3ccc(-c4nncn4C4CCCC4)cc23)cc(-n2cnc(C3CC3)c2)c1. The van der Waals surface area contributed by atoms with Gasteiger partial charge in [0, 0.05) is 40.4 Å². The lowest BCUT2D eigenvalue weighted by atomic mass is 10.0. The number of nitrogens with zero attached hydrogens (tertiary/aromatic N) is 6. The molecule has 2 fully saturated rings. The maximum atomic E-state index is 4.67. The van der Waals surface area contributed by atoms with Crippen LogP contribution in [0.1, 0.15) is 56.2 Å². The van der Waals surface area contributed by atoms with Crippen molar-refractivity contribution in [2.75, 3.05) is 0 Å². The molecule has 7 nitrogen and oxygen atoms in total. The Balaban J connectivity index is 1.28. The van der Waals surface area contributed by atoms with Crippen molar-refractivity contribution < 1.29 is 0 Å². The third-order valence-electron chi connectivity index (χ3n) is 7.13. The zero-order chi connectivity index (χ0) is 21.8. The molecule has 5 aromatic rings. The van der Waals surface area contributed by atoms with Gasteiger partial charge in [0.05, 0.1) is 23.2 Å². The van der Waals surface area contributed by atoms with Crippen LogP contribution in [0.2, 0.25) is 0 Å². The first kappa shape index (κ1) is 18.8. The molecule has 3 heterocycles. The van der Waals surface area contributed by atoms with Gasteiger partial charge in [0.1, 0.15) is 6.33 Å². The molecule has 2 aromatic carbocycles. The molecule has 0 saturated heterocycles. The summed E-state index contributed by atoms with van der Waals surface area (Å²) in [6.07, 6.45) is 13.4. The van der Waals surface area contributed by atoms with Crippen LogP contribution >= 0.6 is 0 Å². The summed E-state index contributed by atoms with van der Waals surface area (Å²) >= 11 is 0. The molecular weight excluding hydrogens is 410 g/mol. The van der Waals surface area contributed by atoms with Gasteiger partial charge in [0.15, 0.2) is 5.82 Å². The van der Waals surface area contributed by atoms with Crippen LogP contribution in [-0.4, -0.2) is 34.5 Å². The van der Waals surface area contributed by atoms with Gasteiger partial charge in [0.2, 0.25) is 0 Å². The smallest absolute Gasteiger partial charge is 0.164 e. The van der Waals surface area contributed by atoms with Crippen LogP contribution in [0, 0.1) is 0 Å². The van der Waals surface area contributed by atoms with E-state index in [4.69, 9.17) is 0 Å². The van der Waals surface area contributed by atoms with Crippen molar-refractivity contribution in [2.24, 2.45) is 0 Å². The largest absolute Gasteiger partial charge is 0.310 e. The molecule has 0 aliphatic heterocycles. The Kier molecular flexibility index (Phi) is 4.22. The van der Waals surface area contributed by atoms with Crippen LogP contribution in [0.15, 0.2) is 61.3 Å². The van der Waals surface area contributed by atoms with Gasteiger partial charge >= 0.3 is 0 Å². The van der Waals surface area contributed by atoms with Crippen LogP contribution in [0.5, 0.6) is 0 Å². The molecule has 7 rings (SSSR count). The van der Waals surface area contributed by atoms with Crippen molar-refractivity contribution in [3.05, 3.63) is 67.0 Å². The van der Waals surface area contributed by atoms with Crippen molar-refractivity contribution >= 4 is 10.9 Å². The van der Waals surface area contributed by atoms with E-state index in [9.17, 15) is 0 Å². The highest BCUT2D eigenvalue weighted by Gasteiger charge is 2.26. The quantitative estimate of drug-likeness (QED) is 0.386. The summed E-state index contributed by atoms with van der Waals surface area (Å²) in [5, 5.41) is 17.7. The van der Waals surface area contributed by atoms with Gasteiger partial charge in [-0.3, -0.25) is 5.10 Å². The van der Waals surface area contributed by atoms with E-state index < -0.39 is 0 Å². The summed E-state index contributed by atoms with van der Waals surface area (Å²) in [7, 11) is 0. The number of aromatic nitrogens is 7. The van der Waals surface area contributed by atoms with Crippen LogP contribution in [-0.2, 0) is 0 Å². The normalized spacial score (nSPS) is 16.7. The summed E-state index contributed by atoms with van der Waals surface area (Å²) in [6.45, 7) is 0. The molecule has 3 aromatic heterocycles. The number of fused-ring (bicyclic) bond motifs is 1. The molecule has 0 bridgehead atoms. The summed E-state index contributed by atoms with van der Waals surface area (Å²) in [6, 6.07) is 15.4. The number of hydrogen-bond acceptors (Lipinski definition) is 4. The molecule has 164 valence electrons. The number of imidazole rings is 1. The Bertz CT molecular complexity index is 1450. The van der Waals surface area contributed by atoms with Crippen LogP contribution in [0.4, 0.5) is 0 Å². The number of rotatable bonds is 5. The molecule has 0 spiro atoms. The third kappa shape index (κ3) is 3.26. The first-order valence-electron chi connectivity index (χ1n) is 11.9. The summed E-state index contributed by atoms with van der Waals surface area (Å²) in [5.74, 6) is 1.59. The first-order valence-corrected chi connectivity index (χ1v) is 11.9. The monoisotopic (exact) mass is 435 g/mol. The Hall–Kier alpha value is -3.74. The van der Waals surface area contributed by atoms with Crippen LogP contribution in [0.25, 0.3) is 39.2 Å². The second kappa shape index (κ2) is 7.40. The van der Waals surface area contributed by atoms with Gasteiger partial charge in [-0.15, -0.1) is 10.2 Å². The fourth-order valence-electron chi connectivity index (χ4n) is 5.16. The second-order valence-corrected chi connectivity index (χ2v) is 9.36. The van der Waals surface area contributed by atoms with E-state index >= 15 is 0 Å². The van der Waals surface area contributed by atoms with Gasteiger partial charge in [-0.25, -0.2) is 4.98 Å². The molecule has 1 N–H and O–H groups in total. The predicted molar refractivity (Wildman–Crippen MR) is 127 cm³/mol. The fraction of sp³-hybridized carbons (Fsp3) is 0.308. The van der Waals surface area contributed by atoms with Crippen LogP contribution in [0.3, 0.4) is 0 Å². The van der Waals surface area contributed by atoms with E-state index in [2.05, 4.69) is 83.2 Å². The average molecular weight is 436 g/mol. The van der Waals surface area contributed by atoms with E-state index in [-0.39, 0.29) is 0 Å². The maximum absolute atomic E-state index is 4.67. The average Bonchev–Trinajstić information content (AvgIpc) is 3.35. The number of hydrogen-bond donors (Lipinski definition) is 1. The molecule has 33 heavy (non-hydrogen) atoms. The highest BCUT2D eigenvalue weighted by atomic mass is 15.3. The Labute approximate surface area is 191 Å². The Morgan fingerprint density at radius 2 is 1.82 bits per heavy atom. The lowest BCUT2D eigenvalue weighted by Gasteiger charge is -2.13. The maximum Gasteiger partial charge on any atom is 0.164 e. The summed E-state index contributed by atoms with van der Waals surface area (Å²) < 4.78 is 4.37. The van der Waals surface area contributed by atoms with Gasteiger partial charge in [-0.1, -0.05) is 25.0 Å². The van der Waals surface area contributed by atoms with Crippen LogP contribution < -0.4 is 0 Å². The lowest BCUT2D eigenvalue weighted by molar-refractivity contribution is 0.522. The molecule has 0 radical (unpaired) electrons. The zero-order valence-electron chi connectivity index (χ0n) is 18.4. The highest BCUT2D eigenvalue weighted by molar-refractivity contribution is 5.95. The molecule has 0 unspecified atom stereocenters. The molecule has 7 heteroatoms. The number of aromatic amines is 1. The van der Waals surface area contributed by atoms with E-state index in [1.165, 1.54) is 44.2 Å². The molecule has 2 aliphatic carbocycles. The van der Waals surface area contributed by atoms with E-state index in [0.717, 1.165) is 39.2 Å². The van der Waals surface area contributed by atoms with Gasteiger partial charge in [-0.05, 0) is 56.0 Å². The molecule has 0 amide bonds. The number of nitrogens with one attached hydrogen (secondary N) is 1. The van der Waals surface area contributed by atoms with Crippen molar-refractivity contribution in [1.29, 1.82) is 0 Å². The predicted octanol–water partition coefficient (Wildman–Crippen LogP) is 5.67. The van der Waals surface area contributed by atoms with E-state index in [1.54, 1.807) is 0 Å². The fourth-order valence-corrected chi connectivity index (χ4v) is 5.16. The minimum atomic E-state index is 0.502. The zero-order valence-corrected chi connectivity index (χ0v) is 18.4. The van der Waals surface area contributed by atoms with Crippen molar-refractivity contribution in [3.8, 4) is 28.3 Å². The summed E-state index contributed by atoms with van der Waals surface area (Å²) in [5.41, 5.74) is 6.42. The molecular formula is C26H25N7. The topological polar surface area (TPSA) is 77.2 Å². The minimum Gasteiger partial charge on any atom is -0.310 e. The Morgan fingerprint density at radius 1 is 0.909 bits per heavy atom. The Morgan fingerprint density at radius 3 is 2.70 bits per heavy atom. The van der Waals surface area contributed by atoms with Crippen molar-refractivity contribution in [3.63, 3.8) is 0 Å². The van der Waals surface area contributed by atoms with E-state index in [1.807, 2.05) is 12.7 Å². The lowest BCUT2D eigenvalue weighted by Crippen LogP contribution is -2.05.